The van der Waals surface area contributed by atoms with Crippen LogP contribution in [0.15, 0.2) is 18.2 Å². The third kappa shape index (κ3) is 7.96. The number of halogens is 2. The largest absolute Gasteiger partial charge is 0.493 e. The Morgan fingerprint density at radius 1 is 0.938 bits per heavy atom. The summed E-state index contributed by atoms with van der Waals surface area (Å²) in [4.78, 5) is 49.8. The number of carbonyl (C=O) groups is 4. The summed E-state index contributed by atoms with van der Waals surface area (Å²) in [5, 5.41) is 12.1. The van der Waals surface area contributed by atoms with E-state index in [2.05, 4.69) is 5.32 Å². The number of ketones is 1. The normalized spacial score (nSPS) is 15.3. The molecule has 2 N–H and O–H groups in total. The van der Waals surface area contributed by atoms with Crippen LogP contribution in [-0.4, -0.2) is 80.3 Å². The fourth-order valence-electron chi connectivity index (χ4n) is 5.54. The highest BCUT2D eigenvalue weighted by Crippen LogP contribution is 2.41. The zero-order valence-corrected chi connectivity index (χ0v) is 27.3. The average Bonchev–Trinajstić information content (AvgIpc) is 3.84. The second-order valence-electron chi connectivity index (χ2n) is 11.3. The summed E-state index contributed by atoms with van der Waals surface area (Å²) in [5.74, 6) is -3.65. The van der Waals surface area contributed by atoms with Crippen molar-refractivity contribution >= 4 is 45.1 Å². The maximum absolute atomic E-state index is 15.6. The Hall–Kier alpha value is -4.50. The van der Waals surface area contributed by atoms with Crippen LogP contribution in [0.2, 0.25) is 0 Å². The van der Waals surface area contributed by atoms with E-state index in [-0.39, 0.29) is 104 Å². The fourth-order valence-corrected chi connectivity index (χ4v) is 6.59. The summed E-state index contributed by atoms with van der Waals surface area (Å²) in [5.41, 5.74) is 0.806. The number of methoxy groups -OCH3 is 2. The van der Waals surface area contributed by atoms with Crippen molar-refractivity contribution in [1.29, 1.82) is 0 Å². The van der Waals surface area contributed by atoms with Gasteiger partial charge < -0.3 is 39.0 Å². The molecule has 2 aromatic carbocycles. The number of nitrogens with zero attached hydrogens (tertiary/aromatic N) is 1. The highest BCUT2D eigenvalue weighted by atomic mass is 32.1. The monoisotopic (exact) mass is 690 g/mol. The molecule has 1 aromatic heterocycles. The number of Topliss-reactive ketones (excluding diaryl/α,β-unsaturated/α-hetero) is 1. The van der Waals surface area contributed by atoms with Crippen molar-refractivity contribution in [3.05, 3.63) is 45.8 Å². The molecule has 48 heavy (non-hydrogen) atoms. The van der Waals surface area contributed by atoms with E-state index in [1.807, 2.05) is 0 Å². The van der Waals surface area contributed by atoms with Gasteiger partial charge in [0.05, 0.1) is 45.2 Å². The molecule has 5 rings (SSSR count). The molecule has 1 fully saturated rings. The molecule has 3 aromatic rings. The molecule has 0 spiro atoms. The van der Waals surface area contributed by atoms with Crippen LogP contribution in [0.25, 0.3) is 10.1 Å². The van der Waals surface area contributed by atoms with Crippen molar-refractivity contribution < 1.29 is 56.7 Å². The summed E-state index contributed by atoms with van der Waals surface area (Å²) in [6, 6.07) is 4.60. The van der Waals surface area contributed by atoms with E-state index in [9.17, 15) is 19.2 Å². The Morgan fingerprint density at radius 2 is 1.65 bits per heavy atom. The maximum atomic E-state index is 15.6. The highest BCUT2D eigenvalue weighted by molar-refractivity contribution is 7.20. The Morgan fingerprint density at radius 3 is 2.31 bits per heavy atom. The van der Waals surface area contributed by atoms with Crippen molar-refractivity contribution in [2.45, 2.75) is 57.7 Å². The second kappa shape index (κ2) is 15.6. The van der Waals surface area contributed by atoms with Crippen molar-refractivity contribution in [3.8, 4) is 23.0 Å². The first-order valence-electron chi connectivity index (χ1n) is 15.5. The predicted molar refractivity (Wildman–Crippen MR) is 169 cm³/mol. The number of carboxylic acids is 1. The maximum Gasteiger partial charge on any atom is 0.306 e. The minimum Gasteiger partial charge on any atom is -0.493 e. The van der Waals surface area contributed by atoms with Crippen LogP contribution in [0, 0.1) is 11.6 Å². The lowest BCUT2D eigenvalue weighted by Gasteiger charge is -2.15. The number of rotatable bonds is 16. The summed E-state index contributed by atoms with van der Waals surface area (Å²) in [6.07, 6.45) is 0.137. The van der Waals surface area contributed by atoms with Crippen LogP contribution in [0.5, 0.6) is 23.0 Å². The standard InChI is InChI=1S/C33H36F2N2O10S/c1-43-23-12-18-16-37(27(39)5-6-28(40)41)17-21(18)31(35)32(23)45-10-3-11-46-33-24(44-2)14-25-20(30(33)34)13-26(48-25)22(38)4-7-29(42)47-19-8-9-36-15-19/h12-14,19,36H,3-11,15-17H2,1-2H3,(H,40,41). The number of esters is 1. The number of nitrogens with one attached hydrogen (secondary N) is 1. The molecule has 1 unspecified atom stereocenters. The molecule has 2 aliphatic rings. The molecular weight excluding hydrogens is 654 g/mol. The molecule has 0 bridgehead atoms. The van der Waals surface area contributed by atoms with Gasteiger partial charge >= 0.3 is 11.9 Å². The third-order valence-electron chi connectivity index (χ3n) is 8.04. The Labute approximate surface area is 278 Å². The number of thiophene rings is 1. The summed E-state index contributed by atoms with van der Waals surface area (Å²) >= 11 is 1.09. The van der Waals surface area contributed by atoms with Gasteiger partial charge in [-0.15, -0.1) is 11.3 Å². The van der Waals surface area contributed by atoms with Crippen LogP contribution in [0.1, 0.15) is 59.3 Å². The molecule has 0 radical (unpaired) electrons. The number of hydrogen-bond acceptors (Lipinski definition) is 11. The number of amides is 1. The number of aliphatic carboxylic acids is 1. The molecule has 12 nitrogen and oxygen atoms in total. The van der Waals surface area contributed by atoms with Gasteiger partial charge in [-0.1, -0.05) is 0 Å². The van der Waals surface area contributed by atoms with Crippen molar-refractivity contribution in [3.63, 3.8) is 0 Å². The number of carbonyl (C=O) groups excluding carboxylic acids is 3. The minimum atomic E-state index is -1.09. The lowest BCUT2D eigenvalue weighted by molar-refractivity contribution is -0.148. The van der Waals surface area contributed by atoms with Gasteiger partial charge in [-0.3, -0.25) is 19.2 Å². The van der Waals surface area contributed by atoms with E-state index >= 15 is 8.78 Å². The van der Waals surface area contributed by atoms with Crippen LogP contribution in [-0.2, 0) is 32.2 Å². The van der Waals surface area contributed by atoms with Gasteiger partial charge in [0.2, 0.25) is 5.91 Å². The molecule has 3 heterocycles. The quantitative estimate of drug-likeness (QED) is 0.123. The first kappa shape index (κ1) is 34.8. The van der Waals surface area contributed by atoms with Gasteiger partial charge in [-0.2, -0.15) is 0 Å². The third-order valence-corrected chi connectivity index (χ3v) is 9.17. The molecule has 0 aliphatic carbocycles. The number of fused-ring (bicyclic) bond motifs is 2. The van der Waals surface area contributed by atoms with Crippen molar-refractivity contribution in [2.75, 3.05) is 40.5 Å². The van der Waals surface area contributed by atoms with Crippen LogP contribution in [0.3, 0.4) is 0 Å². The number of benzene rings is 2. The van der Waals surface area contributed by atoms with E-state index in [1.54, 1.807) is 12.1 Å². The lowest BCUT2D eigenvalue weighted by atomic mass is 10.1. The van der Waals surface area contributed by atoms with Gasteiger partial charge in [0.25, 0.3) is 0 Å². The fraction of sp³-hybridized carbons (Fsp3) is 0.455. The number of carboxylic acid groups (broad SMARTS) is 1. The van der Waals surface area contributed by atoms with Gasteiger partial charge in [0, 0.05) is 60.6 Å². The number of hydrogen-bond donors (Lipinski definition) is 2. The highest BCUT2D eigenvalue weighted by Gasteiger charge is 2.30. The number of ether oxygens (including phenoxy) is 5. The van der Waals surface area contributed by atoms with Crippen molar-refractivity contribution in [1.82, 2.24) is 10.2 Å². The molecule has 258 valence electrons. The summed E-state index contributed by atoms with van der Waals surface area (Å²) < 4.78 is 59.0. The van der Waals surface area contributed by atoms with Gasteiger partial charge in [0.15, 0.2) is 40.4 Å². The van der Waals surface area contributed by atoms with E-state index < -0.39 is 29.5 Å². The second-order valence-corrected chi connectivity index (χ2v) is 12.4. The topological polar surface area (TPSA) is 150 Å². The van der Waals surface area contributed by atoms with Crippen molar-refractivity contribution in [2.24, 2.45) is 0 Å². The first-order chi connectivity index (χ1) is 23.1. The van der Waals surface area contributed by atoms with E-state index in [0.29, 0.717) is 21.7 Å². The van der Waals surface area contributed by atoms with Crippen LogP contribution >= 0.6 is 11.3 Å². The predicted octanol–water partition coefficient (Wildman–Crippen LogP) is 4.62. The Balaban J connectivity index is 1.17. The van der Waals surface area contributed by atoms with Gasteiger partial charge in [-0.05, 0) is 30.7 Å². The summed E-state index contributed by atoms with van der Waals surface area (Å²) in [6.45, 7) is 1.44. The first-order valence-corrected chi connectivity index (χ1v) is 16.3. The van der Waals surface area contributed by atoms with Gasteiger partial charge in [-0.25, -0.2) is 8.78 Å². The molecule has 1 amide bonds. The molecule has 15 heteroatoms. The SMILES string of the molecule is COc1cc2c(c(F)c1OCCCOc1c(OC)cc3sc(C(=O)CCC(=O)OC4CCNC4)cc3c1F)CN(C(=O)CCC(=O)O)C2. The molecule has 0 saturated carbocycles. The zero-order chi connectivity index (χ0) is 34.4. The van der Waals surface area contributed by atoms with E-state index in [4.69, 9.17) is 28.8 Å². The molecule has 1 saturated heterocycles. The van der Waals surface area contributed by atoms with E-state index in [0.717, 1.165) is 24.3 Å². The average molecular weight is 691 g/mol. The Kier molecular flexibility index (Phi) is 11.3. The zero-order valence-electron chi connectivity index (χ0n) is 26.5. The Bertz CT molecular complexity index is 1710. The lowest BCUT2D eigenvalue weighted by Crippen LogP contribution is -2.25. The minimum absolute atomic E-state index is 0.0176. The molecular formula is C33H36F2N2O10S. The molecule has 1 atom stereocenters. The molecule has 2 aliphatic heterocycles. The van der Waals surface area contributed by atoms with Crippen LogP contribution in [0.4, 0.5) is 8.78 Å². The summed E-state index contributed by atoms with van der Waals surface area (Å²) in [7, 11) is 2.73. The van der Waals surface area contributed by atoms with E-state index in [1.165, 1.54) is 25.2 Å². The van der Waals surface area contributed by atoms with Gasteiger partial charge in [0.1, 0.15) is 6.10 Å². The smallest absolute Gasteiger partial charge is 0.306 e. The van der Waals surface area contributed by atoms with Crippen LogP contribution < -0.4 is 24.3 Å².